The van der Waals surface area contributed by atoms with E-state index >= 15 is 0 Å². The lowest BCUT2D eigenvalue weighted by molar-refractivity contribution is -0.140. The number of thiazole rings is 1. The number of halogens is 4. The van der Waals surface area contributed by atoms with Gasteiger partial charge >= 0.3 is 6.18 Å². The quantitative estimate of drug-likeness (QED) is 0.330. The monoisotopic (exact) mass is 534 g/mol. The Bertz CT molecular complexity index is 647. The molecule has 160 valence electrons. The van der Waals surface area contributed by atoms with Gasteiger partial charge in [0.15, 0.2) is 11.7 Å². The van der Waals surface area contributed by atoms with Gasteiger partial charge < -0.3 is 15.5 Å². The number of nitrogens with zero attached hydrogens (tertiary/aromatic N) is 4. The Morgan fingerprint density at radius 3 is 2.43 bits per heavy atom. The number of piperazine rings is 1. The fraction of sp³-hybridized carbons (Fsp3) is 0.688. The highest BCUT2D eigenvalue weighted by molar-refractivity contribution is 14.0. The predicted octanol–water partition coefficient (Wildman–Crippen LogP) is 1.65. The van der Waals surface area contributed by atoms with Crippen LogP contribution in [0, 0.1) is 0 Å². The molecule has 12 heteroatoms. The molecule has 28 heavy (non-hydrogen) atoms. The van der Waals surface area contributed by atoms with Crippen molar-refractivity contribution in [3.63, 3.8) is 0 Å². The molecule has 2 heterocycles. The maximum atomic E-state index is 12.5. The summed E-state index contributed by atoms with van der Waals surface area (Å²) in [7, 11) is 1.64. The Morgan fingerprint density at radius 2 is 1.89 bits per heavy atom. The minimum atomic E-state index is -4.39. The number of nitrogens with one attached hydrogen (secondary N) is 2. The van der Waals surface area contributed by atoms with Gasteiger partial charge in [0, 0.05) is 71.6 Å². The van der Waals surface area contributed by atoms with Gasteiger partial charge in [-0.3, -0.25) is 14.7 Å². The van der Waals surface area contributed by atoms with E-state index in [9.17, 15) is 18.0 Å². The Kier molecular flexibility index (Phi) is 10.4. The summed E-state index contributed by atoms with van der Waals surface area (Å²) in [5, 5.41) is 7.74. The molecule has 7 nitrogen and oxygen atoms in total. The number of carbonyl (C=O) groups excluding carboxylic acids is 1. The van der Waals surface area contributed by atoms with Crippen molar-refractivity contribution >= 4 is 47.2 Å². The van der Waals surface area contributed by atoms with Crippen molar-refractivity contribution in [3.05, 3.63) is 16.1 Å². The first-order valence-electron chi connectivity index (χ1n) is 8.73. The summed E-state index contributed by atoms with van der Waals surface area (Å²) < 4.78 is 37.6. The highest BCUT2D eigenvalue weighted by atomic mass is 127. The summed E-state index contributed by atoms with van der Waals surface area (Å²) in [6.07, 6.45) is -4.00. The summed E-state index contributed by atoms with van der Waals surface area (Å²) >= 11 is 1.01. The molecular weight excluding hydrogens is 508 g/mol. The molecule has 1 saturated heterocycles. The first-order chi connectivity index (χ1) is 12.8. The van der Waals surface area contributed by atoms with Gasteiger partial charge in [-0.1, -0.05) is 0 Å². The van der Waals surface area contributed by atoms with Gasteiger partial charge in [0.2, 0.25) is 5.91 Å². The van der Waals surface area contributed by atoms with Crippen LogP contribution in [0.4, 0.5) is 13.2 Å². The minimum absolute atomic E-state index is 0. The van der Waals surface area contributed by atoms with Crippen molar-refractivity contribution < 1.29 is 18.0 Å². The molecule has 0 bridgehead atoms. The summed E-state index contributed by atoms with van der Waals surface area (Å²) in [5.74, 6) is 0.713. The van der Waals surface area contributed by atoms with Crippen molar-refractivity contribution in [2.75, 3.05) is 52.9 Å². The lowest BCUT2D eigenvalue weighted by Gasteiger charge is -2.34. The fourth-order valence-corrected chi connectivity index (χ4v) is 3.49. The van der Waals surface area contributed by atoms with Crippen LogP contribution in [-0.4, -0.2) is 79.5 Å². The molecule has 1 aliphatic rings. The first kappa shape index (κ1) is 24.9. The topological polar surface area (TPSA) is 72.9 Å². The number of hydrogen-bond acceptors (Lipinski definition) is 5. The van der Waals surface area contributed by atoms with Gasteiger partial charge in [0.05, 0.1) is 5.01 Å². The molecule has 0 aliphatic carbocycles. The number of alkyl halides is 3. The van der Waals surface area contributed by atoms with Crippen LogP contribution < -0.4 is 10.6 Å². The molecule has 1 aromatic rings. The van der Waals surface area contributed by atoms with E-state index in [1.54, 1.807) is 14.0 Å². The third kappa shape index (κ3) is 8.07. The van der Waals surface area contributed by atoms with E-state index in [-0.39, 0.29) is 29.9 Å². The van der Waals surface area contributed by atoms with Crippen LogP contribution in [0.25, 0.3) is 0 Å². The smallest absolute Gasteiger partial charge is 0.356 e. The molecule has 1 fully saturated rings. The molecule has 0 radical (unpaired) electrons. The normalized spacial score (nSPS) is 15.9. The standard InChI is InChI=1S/C16H25F3N6OS.HI/c1-12(26)25-9-7-24(8-10-25)6-5-22-15(20-2)21-4-3-14-23-13(11-27-14)16(17,18)19;/h11H,3-10H2,1-2H3,(H2,20,21,22);1H. The van der Waals surface area contributed by atoms with Crippen LogP contribution in [0.15, 0.2) is 10.4 Å². The molecule has 0 saturated carbocycles. The molecule has 2 N–H and O–H groups in total. The lowest BCUT2D eigenvalue weighted by atomic mass is 10.3. The molecule has 1 amide bonds. The summed E-state index contributed by atoms with van der Waals surface area (Å²) in [6, 6.07) is 0. The molecule has 1 aromatic heterocycles. The van der Waals surface area contributed by atoms with E-state index in [4.69, 9.17) is 0 Å². The van der Waals surface area contributed by atoms with Gasteiger partial charge in [0.25, 0.3) is 0 Å². The van der Waals surface area contributed by atoms with E-state index < -0.39 is 11.9 Å². The minimum Gasteiger partial charge on any atom is -0.356 e. The van der Waals surface area contributed by atoms with Crippen LogP contribution in [0.2, 0.25) is 0 Å². The van der Waals surface area contributed by atoms with Crippen molar-refractivity contribution in [2.45, 2.75) is 19.5 Å². The van der Waals surface area contributed by atoms with E-state index in [0.29, 0.717) is 30.5 Å². The molecule has 0 atom stereocenters. The van der Waals surface area contributed by atoms with E-state index in [0.717, 1.165) is 49.4 Å². The maximum absolute atomic E-state index is 12.5. The molecule has 0 unspecified atom stereocenters. The van der Waals surface area contributed by atoms with Crippen LogP contribution in [0.5, 0.6) is 0 Å². The Morgan fingerprint density at radius 1 is 1.25 bits per heavy atom. The average Bonchev–Trinajstić information content (AvgIpc) is 3.10. The van der Waals surface area contributed by atoms with Crippen molar-refractivity contribution in [3.8, 4) is 0 Å². The van der Waals surface area contributed by atoms with Gasteiger partial charge in [-0.05, 0) is 0 Å². The highest BCUT2D eigenvalue weighted by Crippen LogP contribution is 2.29. The van der Waals surface area contributed by atoms with E-state index in [1.165, 1.54) is 0 Å². The molecule has 1 aliphatic heterocycles. The Hall–Kier alpha value is -1.15. The second-order valence-electron chi connectivity index (χ2n) is 6.15. The zero-order valence-electron chi connectivity index (χ0n) is 15.9. The third-order valence-electron chi connectivity index (χ3n) is 4.24. The van der Waals surface area contributed by atoms with Gasteiger partial charge in [-0.2, -0.15) is 13.2 Å². The average molecular weight is 534 g/mol. The van der Waals surface area contributed by atoms with Crippen LogP contribution >= 0.6 is 35.3 Å². The highest BCUT2D eigenvalue weighted by Gasteiger charge is 2.33. The molecular formula is C16H26F3IN6OS. The van der Waals surface area contributed by atoms with Crippen molar-refractivity contribution in [2.24, 2.45) is 4.99 Å². The van der Waals surface area contributed by atoms with Crippen LogP contribution in [0.1, 0.15) is 17.6 Å². The fourth-order valence-electron chi connectivity index (χ4n) is 2.68. The predicted molar refractivity (Wildman–Crippen MR) is 114 cm³/mol. The van der Waals surface area contributed by atoms with Crippen molar-refractivity contribution in [1.82, 2.24) is 25.4 Å². The summed E-state index contributed by atoms with van der Waals surface area (Å²) in [6.45, 7) is 6.73. The number of amides is 1. The summed E-state index contributed by atoms with van der Waals surface area (Å²) in [5.41, 5.74) is -0.838. The Balaban J connectivity index is 0.00000392. The maximum Gasteiger partial charge on any atom is 0.434 e. The number of hydrogen-bond donors (Lipinski definition) is 2. The SMILES string of the molecule is CN=C(NCCc1nc(C(F)(F)F)cs1)NCCN1CCN(C(C)=O)CC1.I. The van der Waals surface area contributed by atoms with Gasteiger partial charge in [-0.15, -0.1) is 35.3 Å². The molecule has 2 rings (SSSR count). The second-order valence-corrected chi connectivity index (χ2v) is 7.09. The lowest BCUT2D eigenvalue weighted by Crippen LogP contribution is -2.50. The first-order valence-corrected chi connectivity index (χ1v) is 9.61. The van der Waals surface area contributed by atoms with E-state index in [1.807, 2.05) is 4.90 Å². The third-order valence-corrected chi connectivity index (χ3v) is 5.14. The van der Waals surface area contributed by atoms with Crippen molar-refractivity contribution in [1.29, 1.82) is 0 Å². The zero-order valence-corrected chi connectivity index (χ0v) is 19.0. The number of aromatic nitrogens is 1. The van der Waals surface area contributed by atoms with Gasteiger partial charge in [-0.25, -0.2) is 4.98 Å². The number of guanidine groups is 1. The number of aliphatic imine (C=N–C) groups is 1. The largest absolute Gasteiger partial charge is 0.434 e. The number of carbonyl (C=O) groups is 1. The second kappa shape index (κ2) is 11.8. The molecule has 0 aromatic carbocycles. The van der Waals surface area contributed by atoms with E-state index in [2.05, 4.69) is 25.5 Å². The van der Waals surface area contributed by atoms with Crippen LogP contribution in [-0.2, 0) is 17.4 Å². The number of rotatable bonds is 6. The van der Waals surface area contributed by atoms with Gasteiger partial charge in [0.1, 0.15) is 0 Å². The zero-order chi connectivity index (χ0) is 19.9. The Labute approximate surface area is 183 Å². The van der Waals surface area contributed by atoms with Crippen LogP contribution in [0.3, 0.4) is 0 Å². The molecule has 0 spiro atoms. The summed E-state index contributed by atoms with van der Waals surface area (Å²) in [4.78, 5) is 23.1.